The van der Waals surface area contributed by atoms with E-state index >= 15 is 0 Å². The topological polar surface area (TPSA) is 63.6 Å². The standard InChI is InChI=1S/C5H4Br2O4/c1-11-5(10)3(7)2(6)4(8)9/h1H3,(H,8,9)/b3-2-. The Morgan fingerprint density at radius 3 is 2.00 bits per heavy atom. The number of ether oxygens (including phenoxy) is 1. The van der Waals surface area contributed by atoms with Crippen molar-refractivity contribution < 1.29 is 19.4 Å². The van der Waals surface area contributed by atoms with E-state index in [1.54, 1.807) is 0 Å². The summed E-state index contributed by atoms with van der Waals surface area (Å²) in [6.07, 6.45) is 0. The van der Waals surface area contributed by atoms with Crippen LogP contribution < -0.4 is 0 Å². The SMILES string of the molecule is COC(=O)/C(Br)=C(/Br)C(=O)O. The van der Waals surface area contributed by atoms with E-state index < -0.39 is 11.9 Å². The summed E-state index contributed by atoms with van der Waals surface area (Å²) in [5, 5.41) is 8.35. The van der Waals surface area contributed by atoms with Gasteiger partial charge in [0.2, 0.25) is 0 Å². The van der Waals surface area contributed by atoms with Crippen LogP contribution in [0.5, 0.6) is 0 Å². The molecule has 0 rings (SSSR count). The molecule has 4 nitrogen and oxygen atoms in total. The van der Waals surface area contributed by atoms with E-state index in [2.05, 4.69) is 36.6 Å². The van der Waals surface area contributed by atoms with E-state index in [-0.39, 0.29) is 8.96 Å². The Hall–Kier alpha value is -0.360. The second-order valence-corrected chi connectivity index (χ2v) is 3.01. The smallest absolute Gasteiger partial charge is 0.346 e. The van der Waals surface area contributed by atoms with Gasteiger partial charge in [0.1, 0.15) is 8.96 Å². The van der Waals surface area contributed by atoms with Crippen LogP contribution in [0.3, 0.4) is 0 Å². The van der Waals surface area contributed by atoms with Gasteiger partial charge in [0.25, 0.3) is 0 Å². The number of carboxylic acid groups (broad SMARTS) is 1. The van der Waals surface area contributed by atoms with Crippen molar-refractivity contribution in [1.82, 2.24) is 0 Å². The fourth-order valence-corrected chi connectivity index (χ4v) is 0.766. The van der Waals surface area contributed by atoms with Crippen LogP contribution in [0.1, 0.15) is 0 Å². The van der Waals surface area contributed by atoms with Crippen LogP contribution in [-0.4, -0.2) is 24.2 Å². The number of esters is 1. The zero-order chi connectivity index (χ0) is 9.02. The van der Waals surface area contributed by atoms with Gasteiger partial charge in [0.15, 0.2) is 0 Å². The highest BCUT2D eigenvalue weighted by Crippen LogP contribution is 2.18. The highest BCUT2D eigenvalue weighted by atomic mass is 79.9. The lowest BCUT2D eigenvalue weighted by Crippen LogP contribution is -2.05. The van der Waals surface area contributed by atoms with Crippen LogP contribution in [-0.2, 0) is 14.3 Å². The molecule has 0 radical (unpaired) electrons. The molecule has 0 amide bonds. The number of aliphatic carboxylic acids is 1. The van der Waals surface area contributed by atoms with Crippen molar-refractivity contribution in [2.45, 2.75) is 0 Å². The first kappa shape index (κ1) is 10.6. The molecule has 0 aromatic rings. The first-order valence-corrected chi connectivity index (χ1v) is 3.96. The number of halogens is 2. The van der Waals surface area contributed by atoms with Crippen molar-refractivity contribution in [3.05, 3.63) is 8.96 Å². The number of carboxylic acids is 1. The van der Waals surface area contributed by atoms with Crippen molar-refractivity contribution >= 4 is 43.8 Å². The fourth-order valence-electron chi connectivity index (χ4n) is 0.273. The second-order valence-electron chi connectivity index (χ2n) is 1.42. The summed E-state index contributed by atoms with van der Waals surface area (Å²) < 4.78 is 3.84. The van der Waals surface area contributed by atoms with Crippen molar-refractivity contribution in [2.75, 3.05) is 7.11 Å². The van der Waals surface area contributed by atoms with Crippen LogP contribution in [0.4, 0.5) is 0 Å². The Morgan fingerprint density at radius 2 is 1.73 bits per heavy atom. The number of carbonyl (C=O) groups is 2. The van der Waals surface area contributed by atoms with Gasteiger partial charge in [-0.1, -0.05) is 0 Å². The molecule has 62 valence electrons. The summed E-state index contributed by atoms with van der Waals surface area (Å²) in [5.74, 6) is -1.97. The molecule has 0 saturated heterocycles. The number of methoxy groups -OCH3 is 1. The highest BCUT2D eigenvalue weighted by molar-refractivity contribution is 9.14. The Bertz CT molecular complexity index is 221. The molecule has 1 N–H and O–H groups in total. The van der Waals surface area contributed by atoms with Gasteiger partial charge >= 0.3 is 11.9 Å². The van der Waals surface area contributed by atoms with E-state index in [4.69, 9.17) is 5.11 Å². The summed E-state index contributed by atoms with van der Waals surface area (Å²) in [5.41, 5.74) is 0. The van der Waals surface area contributed by atoms with Gasteiger partial charge in [-0.25, -0.2) is 9.59 Å². The van der Waals surface area contributed by atoms with Crippen molar-refractivity contribution in [3.8, 4) is 0 Å². The molecule has 0 aliphatic heterocycles. The Labute approximate surface area is 79.5 Å². The van der Waals surface area contributed by atoms with Crippen LogP contribution in [0.15, 0.2) is 8.96 Å². The lowest BCUT2D eigenvalue weighted by Gasteiger charge is -1.97. The highest BCUT2D eigenvalue weighted by Gasteiger charge is 2.15. The Morgan fingerprint density at radius 1 is 1.27 bits per heavy atom. The quantitative estimate of drug-likeness (QED) is 0.613. The molecule has 0 spiro atoms. The van der Waals surface area contributed by atoms with Crippen LogP contribution in [0.25, 0.3) is 0 Å². The third kappa shape index (κ3) is 3.02. The maximum atomic E-state index is 10.6. The summed E-state index contributed by atoms with van der Waals surface area (Å²) in [6.45, 7) is 0. The zero-order valence-corrected chi connectivity index (χ0v) is 8.60. The molecule has 0 aliphatic rings. The average molecular weight is 288 g/mol. The minimum atomic E-state index is -1.23. The third-order valence-electron chi connectivity index (χ3n) is 0.745. The van der Waals surface area contributed by atoms with Crippen LogP contribution in [0, 0.1) is 0 Å². The van der Waals surface area contributed by atoms with Crippen molar-refractivity contribution in [1.29, 1.82) is 0 Å². The molecule has 0 saturated carbocycles. The summed E-state index contributed by atoms with van der Waals surface area (Å²) in [6, 6.07) is 0. The zero-order valence-electron chi connectivity index (χ0n) is 5.43. The molecule has 0 atom stereocenters. The number of hydrogen-bond acceptors (Lipinski definition) is 3. The first-order chi connectivity index (χ1) is 5.00. The van der Waals surface area contributed by atoms with E-state index in [1.165, 1.54) is 0 Å². The van der Waals surface area contributed by atoms with Gasteiger partial charge < -0.3 is 9.84 Å². The van der Waals surface area contributed by atoms with E-state index in [1.807, 2.05) is 0 Å². The van der Waals surface area contributed by atoms with Crippen molar-refractivity contribution in [2.24, 2.45) is 0 Å². The molecule has 11 heavy (non-hydrogen) atoms. The molecule has 0 unspecified atom stereocenters. The number of carbonyl (C=O) groups excluding carboxylic acids is 1. The van der Waals surface area contributed by atoms with Gasteiger partial charge in [-0.05, 0) is 31.9 Å². The second kappa shape index (κ2) is 4.50. The van der Waals surface area contributed by atoms with Gasteiger partial charge in [-0.3, -0.25) is 0 Å². The predicted molar refractivity (Wildman–Crippen MR) is 44.5 cm³/mol. The predicted octanol–water partition coefficient (Wildman–Crippen LogP) is 1.25. The molecule has 0 bridgehead atoms. The molecular weight excluding hydrogens is 284 g/mol. The summed E-state index contributed by atoms with van der Waals surface area (Å²) in [4.78, 5) is 20.9. The number of hydrogen-bond donors (Lipinski definition) is 1. The van der Waals surface area contributed by atoms with E-state index in [0.717, 1.165) is 7.11 Å². The first-order valence-electron chi connectivity index (χ1n) is 2.37. The molecular formula is C5H4Br2O4. The van der Waals surface area contributed by atoms with Gasteiger partial charge in [-0.2, -0.15) is 0 Å². The lowest BCUT2D eigenvalue weighted by atomic mass is 10.5. The molecule has 0 aliphatic carbocycles. The molecule has 0 aromatic heterocycles. The van der Waals surface area contributed by atoms with Gasteiger partial charge in [0, 0.05) is 0 Å². The van der Waals surface area contributed by atoms with E-state index in [9.17, 15) is 9.59 Å². The van der Waals surface area contributed by atoms with Crippen molar-refractivity contribution in [3.63, 3.8) is 0 Å². The Kier molecular flexibility index (Phi) is 4.36. The lowest BCUT2D eigenvalue weighted by molar-refractivity contribution is -0.136. The summed E-state index contributed by atoms with van der Waals surface area (Å²) in [7, 11) is 1.16. The minimum absolute atomic E-state index is 0.146. The van der Waals surface area contributed by atoms with E-state index in [0.29, 0.717) is 0 Å². The maximum absolute atomic E-state index is 10.6. The van der Waals surface area contributed by atoms with Gasteiger partial charge in [0.05, 0.1) is 7.11 Å². The molecule has 0 fully saturated rings. The largest absolute Gasteiger partial charge is 0.477 e. The fraction of sp³-hybridized carbons (Fsp3) is 0.200. The molecule has 0 aromatic carbocycles. The Balaban J connectivity index is 4.66. The number of rotatable bonds is 2. The summed E-state index contributed by atoms with van der Waals surface area (Å²) >= 11 is 5.43. The third-order valence-corrected chi connectivity index (χ3v) is 2.73. The normalized spacial score (nSPS) is 11.9. The molecule has 6 heteroatoms. The maximum Gasteiger partial charge on any atom is 0.346 e. The molecule has 0 heterocycles. The van der Waals surface area contributed by atoms with Crippen LogP contribution in [0.2, 0.25) is 0 Å². The van der Waals surface area contributed by atoms with Gasteiger partial charge in [-0.15, -0.1) is 0 Å². The minimum Gasteiger partial charge on any atom is -0.477 e. The average Bonchev–Trinajstić information content (AvgIpc) is 2.00. The van der Waals surface area contributed by atoms with Crippen LogP contribution >= 0.6 is 31.9 Å². The monoisotopic (exact) mass is 286 g/mol.